The summed E-state index contributed by atoms with van der Waals surface area (Å²) in [5.41, 5.74) is 30.0. The van der Waals surface area contributed by atoms with Crippen LogP contribution in [0.4, 0.5) is 0 Å². The number of imidazole rings is 1. The average Bonchev–Trinajstić information content (AvgIpc) is 1.55. The normalized spacial score (nSPS) is 14.0. The lowest BCUT2D eigenvalue weighted by atomic mass is 9.90. The van der Waals surface area contributed by atoms with Gasteiger partial charge in [0.2, 0.25) is 0 Å². The first kappa shape index (κ1) is 53.2. The number of nitrogens with one attached hydrogen (secondary N) is 2. The second kappa shape index (κ2) is 21.7. The zero-order chi connectivity index (χ0) is 60.7. The molecule has 1 spiro atoms. The first-order valence-electron chi connectivity index (χ1n) is 31.7. The molecule has 0 radical (unpaired) electrons. The van der Waals surface area contributed by atoms with Crippen LogP contribution >= 0.6 is 0 Å². The summed E-state index contributed by atoms with van der Waals surface area (Å²) in [4.78, 5) is 37.4. The second-order valence-corrected chi connectivity index (χ2v) is 24.3. The highest BCUT2D eigenvalue weighted by molar-refractivity contribution is 6.54. The molecule has 434 valence electrons. The van der Waals surface area contributed by atoms with Gasteiger partial charge in [-0.25, -0.2) is 24.9 Å². The van der Waals surface area contributed by atoms with Gasteiger partial charge < -0.3 is 9.97 Å². The fraction of sp³-hybridized carbons (Fsp3) is 0.0595. The third-order valence-corrected chi connectivity index (χ3v) is 18.8. The predicted molar refractivity (Wildman–Crippen MR) is 377 cm³/mol. The molecule has 0 saturated heterocycles. The topological polar surface area (TPSA) is 99.9 Å². The second-order valence-electron chi connectivity index (χ2n) is 24.3. The van der Waals surface area contributed by atoms with Gasteiger partial charge in [0.15, 0.2) is 0 Å². The fourth-order valence-electron chi connectivity index (χ4n) is 14.4. The SMILES string of the molecule is C1=Cc2nc1c(-c1ccccc1)c1ccc([nH]1)c(-c1ccccc1)c1nc(c(-c3ccc(-c4nc5n(c4-c4ccccc4)C4(N=C(c6ccccc6)C(c6ccccc6)=N4)c4cc6ccc4CCc4ccc(cc4-5)CC6)cc3)c3ccc([nH]3)c2-c2ccccc2)C=C1. The van der Waals surface area contributed by atoms with Crippen molar-refractivity contribution in [3.05, 3.63) is 329 Å². The van der Waals surface area contributed by atoms with Crippen LogP contribution in [0, 0.1) is 0 Å². The standard InChI is InChI=1S/C84H58N8/c1-7-19-57(20-8-1)75-67-43-45-69(85-67)76(58-21-9-2-10-22-58)71-47-49-73(87-71)78(74-50-48-72(88-74)77(59-23-11-3-12-24-59)70-46-44-68(75)86-70)60-39-41-63(42-40-60)81-82(64-29-17-6-18-30-64)92-83(89-81)65-51-53-31-32-54-34-36-56(38-37-55(65)35-33-53)66(52-54)84(92)90-79(61-25-13-4-14-26-61)80(91-84)62-27-15-5-16-28-62/h1-30,33-36,39-52,85,88H,31-32,37-38H2. The summed E-state index contributed by atoms with van der Waals surface area (Å²) in [7, 11) is 0. The molecule has 0 amide bonds. The van der Waals surface area contributed by atoms with Crippen molar-refractivity contribution in [1.29, 1.82) is 0 Å². The van der Waals surface area contributed by atoms with Crippen LogP contribution < -0.4 is 0 Å². The lowest BCUT2D eigenvalue weighted by Crippen LogP contribution is -2.32. The molecule has 92 heavy (non-hydrogen) atoms. The van der Waals surface area contributed by atoms with E-state index in [2.05, 4.69) is 306 Å². The minimum absolute atomic E-state index is 0.820. The Balaban J connectivity index is 0.907. The van der Waals surface area contributed by atoms with Gasteiger partial charge in [-0.1, -0.05) is 231 Å². The molecule has 9 aromatic carbocycles. The fourth-order valence-corrected chi connectivity index (χ4v) is 14.4. The number of hydrogen-bond acceptors (Lipinski definition) is 5. The van der Waals surface area contributed by atoms with Crippen LogP contribution in [0.15, 0.2) is 277 Å². The van der Waals surface area contributed by atoms with Gasteiger partial charge in [-0.05, 0) is 131 Å². The lowest BCUT2D eigenvalue weighted by Gasteiger charge is -2.31. The number of aromatic nitrogens is 6. The van der Waals surface area contributed by atoms with Crippen LogP contribution in [0.3, 0.4) is 0 Å². The average molecular weight is 1180 g/mol. The number of aliphatic imine (C=N–C) groups is 2. The molecular formula is C84H58N8. The number of H-pyrrole nitrogens is 2. The molecule has 18 rings (SSSR count). The zero-order valence-corrected chi connectivity index (χ0v) is 50.2. The highest BCUT2D eigenvalue weighted by Crippen LogP contribution is 2.50. The van der Waals surface area contributed by atoms with Crippen molar-refractivity contribution < 1.29 is 0 Å². The quantitative estimate of drug-likeness (QED) is 0.159. The molecule has 8 heteroatoms. The Hall–Kier alpha value is -11.9. The summed E-state index contributed by atoms with van der Waals surface area (Å²) in [5, 5.41) is 0. The van der Waals surface area contributed by atoms with Gasteiger partial charge >= 0.3 is 0 Å². The van der Waals surface area contributed by atoms with Crippen molar-refractivity contribution in [2.45, 2.75) is 31.5 Å². The van der Waals surface area contributed by atoms with E-state index in [9.17, 15) is 0 Å². The van der Waals surface area contributed by atoms with Crippen molar-refractivity contribution in [1.82, 2.24) is 29.5 Å². The Labute approximate surface area is 532 Å². The van der Waals surface area contributed by atoms with Crippen molar-refractivity contribution >= 4 is 57.8 Å². The summed E-state index contributed by atoms with van der Waals surface area (Å²) in [6.07, 6.45) is 12.1. The molecule has 2 N–H and O–H groups in total. The Morgan fingerprint density at radius 1 is 0.315 bits per heavy atom. The highest BCUT2D eigenvalue weighted by atomic mass is 15.4. The van der Waals surface area contributed by atoms with Gasteiger partial charge in [-0.3, -0.25) is 4.57 Å². The third kappa shape index (κ3) is 8.93. The van der Waals surface area contributed by atoms with Gasteiger partial charge in [-0.15, -0.1) is 0 Å². The number of rotatable bonds is 8. The Morgan fingerprint density at radius 2 is 0.685 bits per heavy atom. The molecule has 4 aromatic heterocycles. The van der Waals surface area contributed by atoms with Crippen molar-refractivity contribution in [2.75, 3.05) is 0 Å². The van der Waals surface area contributed by atoms with E-state index in [0.717, 1.165) is 177 Å². The van der Waals surface area contributed by atoms with Crippen LogP contribution in [0.1, 0.15) is 61.7 Å². The number of hydrogen-bond donors (Lipinski definition) is 2. The van der Waals surface area contributed by atoms with Crippen LogP contribution in [0.5, 0.6) is 0 Å². The first-order valence-corrected chi connectivity index (χ1v) is 31.7. The summed E-state index contributed by atoms with van der Waals surface area (Å²) >= 11 is 0. The maximum Gasteiger partial charge on any atom is 0.261 e. The molecule has 0 unspecified atom stereocenters. The van der Waals surface area contributed by atoms with E-state index in [-0.39, 0.29) is 0 Å². The maximum absolute atomic E-state index is 6.13. The summed E-state index contributed by atoms with van der Waals surface area (Å²) < 4.78 is 2.42. The van der Waals surface area contributed by atoms with Gasteiger partial charge in [-0.2, -0.15) is 0 Å². The van der Waals surface area contributed by atoms with E-state index in [1.54, 1.807) is 0 Å². The van der Waals surface area contributed by atoms with Gasteiger partial charge in [0.25, 0.3) is 5.79 Å². The van der Waals surface area contributed by atoms with Crippen LogP contribution in [-0.4, -0.2) is 40.9 Å². The van der Waals surface area contributed by atoms with Gasteiger partial charge in [0.05, 0.1) is 45.6 Å². The van der Waals surface area contributed by atoms with E-state index >= 15 is 0 Å². The summed E-state index contributed by atoms with van der Waals surface area (Å²) in [5.74, 6) is -0.477. The Morgan fingerprint density at radius 3 is 1.13 bits per heavy atom. The third-order valence-electron chi connectivity index (χ3n) is 18.8. The van der Waals surface area contributed by atoms with E-state index in [4.69, 9.17) is 24.9 Å². The number of benzene rings is 9. The molecule has 5 aliphatic rings. The number of nitrogens with zero attached hydrogens (tertiary/aromatic N) is 6. The number of aromatic amines is 2. The monoisotopic (exact) mass is 1180 g/mol. The summed E-state index contributed by atoms with van der Waals surface area (Å²) in [6, 6.07) is 95.6. The largest absolute Gasteiger partial charge is 0.354 e. The predicted octanol–water partition coefficient (Wildman–Crippen LogP) is 19.4. The maximum atomic E-state index is 6.13. The molecule has 12 bridgehead atoms. The minimum Gasteiger partial charge on any atom is -0.354 e. The van der Waals surface area contributed by atoms with E-state index < -0.39 is 5.79 Å². The Kier molecular flexibility index (Phi) is 12.6. The molecule has 9 heterocycles. The van der Waals surface area contributed by atoms with Crippen LogP contribution in [0.25, 0.3) is 125 Å². The highest BCUT2D eigenvalue weighted by Gasteiger charge is 2.47. The van der Waals surface area contributed by atoms with Crippen molar-refractivity contribution in [3.8, 4) is 78.4 Å². The Bertz CT molecular complexity index is 5310. The van der Waals surface area contributed by atoms with Crippen molar-refractivity contribution in [3.63, 3.8) is 0 Å². The molecule has 13 aromatic rings. The number of fused-ring (bicyclic) bond motifs is 10. The molecule has 5 aliphatic heterocycles. The van der Waals surface area contributed by atoms with Crippen molar-refractivity contribution in [2.24, 2.45) is 9.98 Å². The zero-order valence-electron chi connectivity index (χ0n) is 50.2. The van der Waals surface area contributed by atoms with E-state index in [1.807, 2.05) is 0 Å². The first-order chi connectivity index (χ1) is 45.5. The molecule has 0 saturated carbocycles. The smallest absolute Gasteiger partial charge is 0.261 e. The molecule has 8 nitrogen and oxygen atoms in total. The van der Waals surface area contributed by atoms with Gasteiger partial charge in [0, 0.05) is 77.7 Å². The number of aryl methyl sites for hydroxylation is 4. The minimum atomic E-state index is -1.31. The molecular weight excluding hydrogens is 1120 g/mol. The molecule has 0 atom stereocenters. The van der Waals surface area contributed by atoms with Gasteiger partial charge in [0.1, 0.15) is 5.82 Å². The summed E-state index contributed by atoms with van der Waals surface area (Å²) in [6.45, 7) is 0. The van der Waals surface area contributed by atoms with Crippen LogP contribution in [-0.2, 0) is 31.5 Å². The van der Waals surface area contributed by atoms with E-state index in [0.29, 0.717) is 0 Å². The molecule has 0 aliphatic carbocycles. The lowest BCUT2D eigenvalue weighted by molar-refractivity contribution is 0.406. The van der Waals surface area contributed by atoms with Crippen LogP contribution in [0.2, 0.25) is 0 Å². The molecule has 0 fully saturated rings. The van der Waals surface area contributed by atoms with E-state index in [1.165, 1.54) is 22.3 Å².